The van der Waals surface area contributed by atoms with Gasteiger partial charge in [0.25, 0.3) is 0 Å². The second-order valence-electron chi connectivity index (χ2n) is 23.2. The van der Waals surface area contributed by atoms with Gasteiger partial charge in [0.1, 0.15) is 0 Å². The van der Waals surface area contributed by atoms with Crippen LogP contribution in [0.5, 0.6) is 0 Å². The minimum atomic E-state index is 0.232. The fraction of sp³-hybridized carbons (Fsp3) is 0.581. The molecular weight excluding hydrogens is 829 g/mol. The highest BCUT2D eigenvalue weighted by atomic mass is 15.3. The predicted octanol–water partition coefficient (Wildman–Crippen LogP) is 18.8. The summed E-state index contributed by atoms with van der Waals surface area (Å²) in [7, 11) is 0. The number of rotatable bonds is 17. The third-order valence-corrected chi connectivity index (χ3v) is 13.5. The standard InChI is InChI=1S/C62H96N6/c1-35(2)49-27-25-28-50(36(3)4)57(49)63-61(67(43(17)18)44(19)20)65-59-53(39(9)10)31-47(32-54(59)40(11)12)48-33-55(41(13)14)60(56(34-48)42(15)16)66-62(68(45(21)22)46(23)24)64-58-51(37(5)6)29-26-30-52(58)38(7)8/h25-46H,1-24H3,(H,63,65)(H,64,66). The highest BCUT2D eigenvalue weighted by molar-refractivity contribution is 5.99. The average Bonchev–Trinajstić information content (AvgIpc) is 3.22. The molecule has 6 heteroatoms. The van der Waals surface area contributed by atoms with E-state index in [4.69, 9.17) is 9.98 Å². The molecule has 0 bridgehead atoms. The van der Waals surface area contributed by atoms with Crippen molar-refractivity contribution in [3.05, 3.63) is 105 Å². The number of hydrogen-bond donors (Lipinski definition) is 2. The van der Waals surface area contributed by atoms with Crippen LogP contribution in [0.25, 0.3) is 11.1 Å². The molecule has 0 aliphatic carbocycles. The number of aliphatic imine (C=N–C) groups is 2. The number of benzene rings is 4. The van der Waals surface area contributed by atoms with Gasteiger partial charge in [-0.15, -0.1) is 0 Å². The van der Waals surface area contributed by atoms with E-state index in [1.807, 2.05) is 0 Å². The Bertz CT molecular complexity index is 2060. The third-order valence-electron chi connectivity index (χ3n) is 13.5. The SMILES string of the molecule is CC(C)c1cc(-c2cc(C(C)C)c(N=C(Nc3c(C(C)C)cccc3C(C)C)N(C(C)C)C(C)C)c(C(C)C)c2)cc(C(C)C)c1N=C(Nc1c(C(C)C)cccc1C(C)C)N(C(C)C)C(C)C. The van der Waals surface area contributed by atoms with Gasteiger partial charge in [0.05, 0.1) is 11.4 Å². The van der Waals surface area contributed by atoms with Gasteiger partial charge in [-0.3, -0.25) is 0 Å². The molecular formula is C62H96N6. The molecule has 0 aromatic heterocycles. The normalized spacial score (nSPS) is 13.0. The van der Waals surface area contributed by atoms with E-state index in [2.05, 4.69) is 247 Å². The zero-order valence-electron chi connectivity index (χ0n) is 47.5. The van der Waals surface area contributed by atoms with Crippen LogP contribution in [0, 0.1) is 0 Å². The Hall–Kier alpha value is -4.58. The summed E-state index contributed by atoms with van der Waals surface area (Å²) in [5, 5.41) is 8.08. The van der Waals surface area contributed by atoms with Gasteiger partial charge in [0, 0.05) is 35.5 Å². The Kier molecular flexibility index (Phi) is 19.6. The van der Waals surface area contributed by atoms with Gasteiger partial charge in [-0.05, 0) is 183 Å². The molecule has 0 unspecified atom stereocenters. The van der Waals surface area contributed by atoms with Crippen LogP contribution in [-0.2, 0) is 0 Å². The fourth-order valence-electron chi connectivity index (χ4n) is 10.0. The molecule has 374 valence electrons. The summed E-state index contributed by atoms with van der Waals surface area (Å²) in [6.45, 7) is 55.2. The lowest BCUT2D eigenvalue weighted by atomic mass is 9.85. The molecule has 0 spiro atoms. The Morgan fingerprint density at radius 1 is 0.324 bits per heavy atom. The zero-order chi connectivity index (χ0) is 51.2. The van der Waals surface area contributed by atoms with E-state index in [0.717, 1.165) is 23.3 Å². The molecule has 0 amide bonds. The van der Waals surface area contributed by atoms with E-state index in [9.17, 15) is 0 Å². The zero-order valence-corrected chi connectivity index (χ0v) is 47.5. The Labute approximate surface area is 417 Å². The van der Waals surface area contributed by atoms with Crippen molar-refractivity contribution in [2.75, 3.05) is 10.6 Å². The topological polar surface area (TPSA) is 55.3 Å². The lowest BCUT2D eigenvalue weighted by Crippen LogP contribution is -2.46. The maximum Gasteiger partial charge on any atom is 0.204 e. The van der Waals surface area contributed by atoms with Crippen LogP contribution in [0.3, 0.4) is 0 Å². The first-order valence-corrected chi connectivity index (χ1v) is 26.6. The number of hydrogen-bond acceptors (Lipinski definition) is 2. The van der Waals surface area contributed by atoms with Gasteiger partial charge in [-0.2, -0.15) is 0 Å². The summed E-state index contributed by atoms with van der Waals surface area (Å²) < 4.78 is 0. The van der Waals surface area contributed by atoms with Gasteiger partial charge >= 0.3 is 0 Å². The molecule has 0 aliphatic heterocycles. The van der Waals surface area contributed by atoms with Crippen LogP contribution in [-0.4, -0.2) is 45.9 Å². The molecule has 0 heterocycles. The maximum absolute atomic E-state index is 5.83. The van der Waals surface area contributed by atoms with Crippen molar-refractivity contribution in [1.29, 1.82) is 0 Å². The Morgan fingerprint density at radius 3 is 0.706 bits per heavy atom. The van der Waals surface area contributed by atoms with Crippen molar-refractivity contribution in [2.24, 2.45) is 9.98 Å². The highest BCUT2D eigenvalue weighted by Crippen LogP contribution is 2.44. The summed E-state index contributed by atoms with van der Waals surface area (Å²) in [5.41, 5.74) is 17.3. The highest BCUT2D eigenvalue weighted by Gasteiger charge is 2.28. The molecule has 0 saturated carbocycles. The van der Waals surface area contributed by atoms with E-state index in [1.165, 1.54) is 67.0 Å². The molecule has 4 aromatic rings. The molecule has 0 fully saturated rings. The van der Waals surface area contributed by atoms with Crippen LogP contribution in [0.15, 0.2) is 70.6 Å². The molecule has 0 atom stereocenters. The molecule has 0 radical (unpaired) electrons. The van der Waals surface area contributed by atoms with Crippen molar-refractivity contribution < 1.29 is 0 Å². The van der Waals surface area contributed by atoms with Crippen molar-refractivity contribution in [3.8, 4) is 11.1 Å². The largest absolute Gasteiger partial charge is 0.338 e. The minimum absolute atomic E-state index is 0.232. The van der Waals surface area contributed by atoms with Gasteiger partial charge in [0.15, 0.2) is 0 Å². The summed E-state index contributed by atoms with van der Waals surface area (Å²) in [5.74, 6) is 4.20. The van der Waals surface area contributed by atoms with Crippen LogP contribution < -0.4 is 10.6 Å². The molecule has 4 aromatic carbocycles. The van der Waals surface area contributed by atoms with Crippen molar-refractivity contribution in [3.63, 3.8) is 0 Å². The smallest absolute Gasteiger partial charge is 0.204 e. The monoisotopic (exact) mass is 925 g/mol. The Morgan fingerprint density at radius 2 is 0.529 bits per heavy atom. The molecule has 0 aliphatic rings. The second-order valence-corrected chi connectivity index (χ2v) is 23.2. The van der Waals surface area contributed by atoms with Gasteiger partial charge < -0.3 is 20.4 Å². The number of anilines is 2. The second kappa shape index (κ2) is 23.8. The van der Waals surface area contributed by atoms with Crippen molar-refractivity contribution in [1.82, 2.24) is 9.80 Å². The molecule has 4 rings (SSSR count). The lowest BCUT2D eigenvalue weighted by molar-refractivity contribution is 0.291. The molecule has 6 nitrogen and oxygen atoms in total. The quantitative estimate of drug-likeness (QED) is 0.0818. The summed E-state index contributed by atoms with van der Waals surface area (Å²) in [6.07, 6.45) is 0. The number of guanidine groups is 2. The van der Waals surface area contributed by atoms with Crippen LogP contribution >= 0.6 is 0 Å². The summed E-state index contributed by atoms with van der Waals surface area (Å²) in [6, 6.07) is 24.3. The van der Waals surface area contributed by atoms with Crippen molar-refractivity contribution in [2.45, 2.75) is 238 Å². The first-order valence-electron chi connectivity index (χ1n) is 26.6. The average molecular weight is 925 g/mol. The lowest BCUT2D eigenvalue weighted by Gasteiger charge is -2.36. The van der Waals surface area contributed by atoms with E-state index in [-0.39, 0.29) is 47.8 Å². The van der Waals surface area contributed by atoms with Gasteiger partial charge in [-0.25, -0.2) is 9.98 Å². The van der Waals surface area contributed by atoms with Crippen LogP contribution in [0.2, 0.25) is 0 Å². The van der Waals surface area contributed by atoms with Gasteiger partial charge in [-0.1, -0.05) is 147 Å². The van der Waals surface area contributed by atoms with Gasteiger partial charge in [0.2, 0.25) is 11.9 Å². The number of nitrogens with one attached hydrogen (secondary N) is 2. The maximum atomic E-state index is 5.83. The third kappa shape index (κ3) is 13.0. The van der Waals surface area contributed by atoms with Crippen LogP contribution in [0.4, 0.5) is 22.7 Å². The summed E-state index contributed by atoms with van der Waals surface area (Å²) in [4.78, 5) is 16.6. The summed E-state index contributed by atoms with van der Waals surface area (Å²) >= 11 is 0. The molecule has 68 heavy (non-hydrogen) atoms. The number of nitrogens with zero attached hydrogens (tertiary/aromatic N) is 4. The fourth-order valence-corrected chi connectivity index (χ4v) is 10.0. The molecule has 0 saturated heterocycles. The Balaban J connectivity index is 2.12. The minimum Gasteiger partial charge on any atom is -0.338 e. The van der Waals surface area contributed by atoms with E-state index in [0.29, 0.717) is 23.7 Å². The molecule has 2 N–H and O–H groups in total. The van der Waals surface area contributed by atoms with Crippen molar-refractivity contribution >= 4 is 34.7 Å². The van der Waals surface area contributed by atoms with Crippen LogP contribution in [0.1, 0.15) is 258 Å². The first-order chi connectivity index (χ1) is 31.7. The van der Waals surface area contributed by atoms with E-state index >= 15 is 0 Å². The number of para-hydroxylation sites is 2. The predicted molar refractivity (Wildman–Crippen MR) is 303 cm³/mol. The first kappa shape index (κ1) is 56.0. The van der Waals surface area contributed by atoms with E-state index < -0.39 is 0 Å². The van der Waals surface area contributed by atoms with E-state index in [1.54, 1.807) is 0 Å².